The largest absolute Gasteiger partial charge is 0.496 e. The van der Waals surface area contributed by atoms with Crippen molar-refractivity contribution >= 4 is 34.4 Å². The van der Waals surface area contributed by atoms with Crippen LogP contribution in [0.2, 0.25) is 0 Å². The minimum atomic E-state index is -1.46. The van der Waals surface area contributed by atoms with E-state index in [2.05, 4.69) is 30.6 Å². The molecule has 0 aromatic rings. The third-order valence-electron chi connectivity index (χ3n) is 0.369. The van der Waals surface area contributed by atoms with Crippen LogP contribution in [0.25, 0.3) is 0 Å². The molecule has 0 spiro atoms. The molecule has 0 N–H and O–H groups in total. The highest BCUT2D eigenvalue weighted by Crippen LogP contribution is 2.18. The molecular formula is C2H4BrO2PSi+. The van der Waals surface area contributed by atoms with Gasteiger partial charge in [-0.3, -0.25) is 0 Å². The van der Waals surface area contributed by atoms with Crippen LogP contribution >= 0.6 is 24.0 Å². The van der Waals surface area contributed by atoms with E-state index in [-0.39, 0.29) is 0 Å². The van der Waals surface area contributed by atoms with E-state index in [0.29, 0.717) is 11.5 Å². The van der Waals surface area contributed by atoms with E-state index in [1.807, 2.05) is 0 Å². The number of hydrogen-bond donors (Lipinski definition) is 0. The first-order valence-electron chi connectivity index (χ1n) is 1.65. The summed E-state index contributed by atoms with van der Waals surface area (Å²) in [5, 5.41) is 0.715. The van der Waals surface area contributed by atoms with Gasteiger partial charge in [0.25, 0.3) is 0 Å². The van der Waals surface area contributed by atoms with Crippen LogP contribution in [-0.4, -0.2) is 22.0 Å². The average molecular weight is 199 g/mol. The van der Waals surface area contributed by atoms with Crippen LogP contribution in [-0.2, 0) is 8.78 Å². The van der Waals surface area contributed by atoms with Gasteiger partial charge in [-0.15, -0.1) is 0 Å². The Morgan fingerprint density at radius 1 is 1.86 bits per heavy atom. The van der Waals surface area contributed by atoms with Crippen molar-refractivity contribution < 1.29 is 8.78 Å². The third kappa shape index (κ3) is 4.61. The molecule has 0 aromatic heterocycles. The maximum absolute atomic E-state index is 10.3. The standard InChI is InChI=1S/C2H4BrO2PSi/c3-1-2-6(4)5-7/h1-2H2/q+1. The molecule has 0 rings (SSSR count). The molecular weight excluding hydrogens is 195 g/mol. The molecule has 0 aromatic carbocycles. The Morgan fingerprint density at radius 3 is 2.57 bits per heavy atom. The van der Waals surface area contributed by atoms with E-state index in [9.17, 15) is 4.57 Å². The van der Waals surface area contributed by atoms with Crippen molar-refractivity contribution in [3.05, 3.63) is 0 Å². The van der Waals surface area contributed by atoms with Crippen molar-refractivity contribution in [3.8, 4) is 0 Å². The summed E-state index contributed by atoms with van der Waals surface area (Å²) in [7, 11) is 1.19. The van der Waals surface area contributed by atoms with Gasteiger partial charge in [-0.05, 0) is 4.57 Å². The minimum absolute atomic E-state index is 0.554. The molecule has 0 amide bonds. The topological polar surface area (TPSA) is 26.3 Å². The zero-order chi connectivity index (χ0) is 5.70. The minimum Gasteiger partial charge on any atom is -0.204 e. The molecule has 0 aliphatic heterocycles. The lowest BCUT2D eigenvalue weighted by Gasteiger charge is -1.72. The van der Waals surface area contributed by atoms with Crippen molar-refractivity contribution in [2.24, 2.45) is 0 Å². The van der Waals surface area contributed by atoms with Gasteiger partial charge in [0.2, 0.25) is 0 Å². The Hall–Kier alpha value is 0.757. The highest BCUT2D eigenvalue weighted by atomic mass is 79.9. The van der Waals surface area contributed by atoms with Gasteiger partial charge in [0.05, 0.1) is 5.33 Å². The Morgan fingerprint density at radius 2 is 2.43 bits per heavy atom. The zero-order valence-corrected chi connectivity index (χ0v) is 7.04. The molecule has 39 valence electrons. The molecule has 0 saturated carbocycles. The van der Waals surface area contributed by atoms with E-state index in [0.717, 1.165) is 0 Å². The lowest BCUT2D eigenvalue weighted by atomic mass is 11.0. The van der Waals surface area contributed by atoms with Crippen molar-refractivity contribution in [2.45, 2.75) is 0 Å². The lowest BCUT2D eigenvalue weighted by Crippen LogP contribution is -1.78. The molecule has 0 aliphatic rings. The van der Waals surface area contributed by atoms with E-state index in [1.165, 1.54) is 0 Å². The van der Waals surface area contributed by atoms with Gasteiger partial charge >= 0.3 is 18.5 Å². The Balaban J connectivity index is 3.00. The zero-order valence-electron chi connectivity index (χ0n) is 3.56. The maximum Gasteiger partial charge on any atom is 0.496 e. The van der Waals surface area contributed by atoms with Crippen LogP contribution in [0.5, 0.6) is 0 Å². The highest BCUT2D eigenvalue weighted by molar-refractivity contribution is 9.09. The molecule has 1 unspecified atom stereocenters. The second kappa shape index (κ2) is 4.90. The summed E-state index contributed by atoms with van der Waals surface area (Å²) >= 11 is 3.11. The van der Waals surface area contributed by atoms with E-state index < -0.39 is 8.03 Å². The Labute approximate surface area is 55.2 Å². The first kappa shape index (κ1) is 7.76. The summed E-state index contributed by atoms with van der Waals surface area (Å²) in [6.45, 7) is 0. The van der Waals surface area contributed by atoms with Gasteiger partial charge in [0.15, 0.2) is 6.16 Å². The second-order valence-electron chi connectivity index (χ2n) is 0.837. The van der Waals surface area contributed by atoms with E-state index in [4.69, 9.17) is 0 Å². The summed E-state index contributed by atoms with van der Waals surface area (Å²) < 4.78 is 14.5. The lowest BCUT2D eigenvalue weighted by molar-refractivity contribution is 0.526. The van der Waals surface area contributed by atoms with Gasteiger partial charge < -0.3 is 0 Å². The first-order chi connectivity index (χ1) is 3.31. The average Bonchev–Trinajstić information content (AvgIpc) is 1.68. The monoisotopic (exact) mass is 198 g/mol. The number of rotatable bonds is 3. The summed E-state index contributed by atoms with van der Waals surface area (Å²) in [5.74, 6) is 0. The predicted molar refractivity (Wildman–Crippen MR) is 33.1 cm³/mol. The van der Waals surface area contributed by atoms with Crippen LogP contribution < -0.4 is 0 Å². The van der Waals surface area contributed by atoms with Crippen molar-refractivity contribution in [1.82, 2.24) is 0 Å². The molecule has 3 radical (unpaired) electrons. The van der Waals surface area contributed by atoms with Gasteiger partial charge in [-0.1, -0.05) is 15.9 Å². The fourth-order valence-electron chi connectivity index (χ4n) is 0.115. The summed E-state index contributed by atoms with van der Waals surface area (Å²) in [5.41, 5.74) is 0. The molecule has 5 heteroatoms. The highest BCUT2D eigenvalue weighted by Gasteiger charge is 2.10. The van der Waals surface area contributed by atoms with Crippen LogP contribution in [0.3, 0.4) is 0 Å². The van der Waals surface area contributed by atoms with E-state index >= 15 is 0 Å². The molecule has 0 aliphatic carbocycles. The molecule has 1 atom stereocenters. The number of hydrogen-bond acceptors (Lipinski definition) is 2. The molecule has 0 heterocycles. The van der Waals surface area contributed by atoms with Gasteiger partial charge in [-0.2, -0.15) is 0 Å². The maximum atomic E-state index is 10.3. The summed E-state index contributed by atoms with van der Waals surface area (Å²) in [4.78, 5) is 0. The SMILES string of the molecule is O=[P+](CCBr)O[Si]. The van der Waals surface area contributed by atoms with Gasteiger partial charge in [0, 0.05) is 0 Å². The van der Waals surface area contributed by atoms with Crippen molar-refractivity contribution in [3.63, 3.8) is 0 Å². The fraction of sp³-hybridized carbons (Fsp3) is 1.00. The molecule has 0 bridgehead atoms. The number of halogens is 1. The molecule has 7 heavy (non-hydrogen) atoms. The van der Waals surface area contributed by atoms with Crippen LogP contribution in [0.15, 0.2) is 0 Å². The fourth-order valence-corrected chi connectivity index (χ4v) is 1.49. The van der Waals surface area contributed by atoms with Gasteiger partial charge in [0.1, 0.15) is 0 Å². The van der Waals surface area contributed by atoms with Crippen LogP contribution in [0.4, 0.5) is 0 Å². The van der Waals surface area contributed by atoms with Crippen LogP contribution in [0, 0.1) is 0 Å². The van der Waals surface area contributed by atoms with Crippen molar-refractivity contribution in [2.75, 3.05) is 11.5 Å². The summed E-state index contributed by atoms with van der Waals surface area (Å²) in [6.07, 6.45) is 0.554. The van der Waals surface area contributed by atoms with Crippen molar-refractivity contribution in [1.29, 1.82) is 0 Å². The van der Waals surface area contributed by atoms with E-state index in [1.54, 1.807) is 0 Å². The van der Waals surface area contributed by atoms with Gasteiger partial charge in [-0.25, -0.2) is 4.21 Å². The normalized spacial score (nSPS) is 11.4. The smallest absolute Gasteiger partial charge is 0.204 e. The Bertz CT molecular complexity index is 68.7. The molecule has 0 fully saturated rings. The molecule has 2 nitrogen and oxygen atoms in total. The molecule has 0 saturated heterocycles. The number of alkyl halides is 1. The predicted octanol–water partition coefficient (Wildman–Crippen LogP) is 1.22. The first-order valence-corrected chi connectivity index (χ1v) is 4.55. The quantitative estimate of drug-likeness (QED) is 0.388. The van der Waals surface area contributed by atoms with Crippen LogP contribution in [0.1, 0.15) is 0 Å². The Kier molecular flexibility index (Phi) is 5.44. The third-order valence-corrected chi connectivity index (χ3v) is 2.78. The summed E-state index contributed by atoms with van der Waals surface area (Å²) in [6, 6.07) is 0. The second-order valence-corrected chi connectivity index (χ2v) is 3.47.